The molecule has 0 aliphatic heterocycles. The number of methoxy groups -OCH3 is 1. The number of benzene rings is 1. The third-order valence-corrected chi connectivity index (χ3v) is 2.45. The lowest BCUT2D eigenvalue weighted by molar-refractivity contribution is 0.383. The largest absolute Gasteiger partial charge is 0.494 e. The Hall–Kier alpha value is -1.12. The Morgan fingerprint density at radius 1 is 1.64 bits per heavy atom. The van der Waals surface area contributed by atoms with Crippen molar-refractivity contribution in [3.05, 3.63) is 28.0 Å². The number of hydrogen-bond acceptors (Lipinski definition) is 3. The van der Waals surface area contributed by atoms with E-state index in [0.717, 1.165) is 0 Å². The molecule has 1 rings (SSSR count). The van der Waals surface area contributed by atoms with Crippen molar-refractivity contribution < 1.29 is 9.13 Å². The number of ether oxygens (including phenoxy) is 1. The average Bonchev–Trinajstić information content (AvgIpc) is 2.18. The molecular formula is C9H8BrFN2O. The minimum absolute atomic E-state index is 0.0777. The summed E-state index contributed by atoms with van der Waals surface area (Å²) in [6.45, 7) is 0. The average molecular weight is 259 g/mol. The molecule has 0 heterocycles. The summed E-state index contributed by atoms with van der Waals surface area (Å²) in [7, 11) is 1.36. The van der Waals surface area contributed by atoms with Crippen molar-refractivity contribution in [2.24, 2.45) is 5.73 Å². The van der Waals surface area contributed by atoms with E-state index < -0.39 is 11.9 Å². The second-order valence-corrected chi connectivity index (χ2v) is 3.44. The minimum atomic E-state index is -1.00. The first kappa shape index (κ1) is 11.0. The van der Waals surface area contributed by atoms with Gasteiger partial charge in [-0.3, -0.25) is 0 Å². The van der Waals surface area contributed by atoms with Gasteiger partial charge in [-0.15, -0.1) is 0 Å². The molecule has 1 aromatic rings. The fourth-order valence-corrected chi connectivity index (χ4v) is 1.61. The van der Waals surface area contributed by atoms with Crippen molar-refractivity contribution in [3.8, 4) is 11.8 Å². The van der Waals surface area contributed by atoms with Gasteiger partial charge in [0.1, 0.15) is 6.04 Å². The molecule has 2 N–H and O–H groups in total. The summed E-state index contributed by atoms with van der Waals surface area (Å²) >= 11 is 3.13. The van der Waals surface area contributed by atoms with E-state index in [1.165, 1.54) is 13.2 Å². The van der Waals surface area contributed by atoms with Gasteiger partial charge in [0, 0.05) is 10.0 Å². The first-order valence-corrected chi connectivity index (χ1v) is 4.58. The third kappa shape index (κ3) is 1.86. The van der Waals surface area contributed by atoms with Gasteiger partial charge in [0.2, 0.25) is 0 Å². The number of nitriles is 1. The summed E-state index contributed by atoms with van der Waals surface area (Å²) in [6.07, 6.45) is 0. The molecule has 0 spiro atoms. The van der Waals surface area contributed by atoms with E-state index in [0.29, 0.717) is 4.47 Å². The van der Waals surface area contributed by atoms with Crippen LogP contribution in [0.5, 0.6) is 5.75 Å². The van der Waals surface area contributed by atoms with Gasteiger partial charge >= 0.3 is 0 Å². The maximum atomic E-state index is 13.6. The lowest BCUT2D eigenvalue weighted by Gasteiger charge is -2.10. The Morgan fingerprint density at radius 3 is 2.79 bits per heavy atom. The number of hydrogen-bond donors (Lipinski definition) is 1. The summed E-state index contributed by atoms with van der Waals surface area (Å²) in [4.78, 5) is 0. The Balaban J connectivity index is 3.34. The molecule has 1 aromatic carbocycles. The fourth-order valence-electron chi connectivity index (χ4n) is 1.06. The number of rotatable bonds is 2. The van der Waals surface area contributed by atoms with Gasteiger partial charge in [-0.05, 0) is 12.1 Å². The van der Waals surface area contributed by atoms with Crippen LogP contribution >= 0.6 is 15.9 Å². The number of nitrogens with two attached hydrogens (primary N) is 1. The van der Waals surface area contributed by atoms with Crippen molar-refractivity contribution in [1.82, 2.24) is 0 Å². The number of halogens is 2. The van der Waals surface area contributed by atoms with Crippen LogP contribution in [0.4, 0.5) is 4.39 Å². The van der Waals surface area contributed by atoms with Crippen LogP contribution in [0.15, 0.2) is 16.6 Å². The van der Waals surface area contributed by atoms with E-state index in [2.05, 4.69) is 15.9 Å². The van der Waals surface area contributed by atoms with Crippen LogP contribution in [0.25, 0.3) is 0 Å². The van der Waals surface area contributed by atoms with Gasteiger partial charge in [-0.25, -0.2) is 4.39 Å². The Kier molecular flexibility index (Phi) is 3.44. The topological polar surface area (TPSA) is 59.0 Å². The molecule has 0 saturated heterocycles. The van der Waals surface area contributed by atoms with Crippen LogP contribution in [0.3, 0.4) is 0 Å². The molecule has 0 aliphatic carbocycles. The zero-order valence-electron chi connectivity index (χ0n) is 7.42. The molecule has 0 fully saturated rings. The molecule has 1 unspecified atom stereocenters. The van der Waals surface area contributed by atoms with Crippen molar-refractivity contribution in [1.29, 1.82) is 5.26 Å². The van der Waals surface area contributed by atoms with Crippen LogP contribution < -0.4 is 10.5 Å². The maximum absolute atomic E-state index is 13.6. The SMILES string of the molecule is COc1ccc(Br)c(C(N)C#N)c1F. The Bertz CT molecular complexity index is 389. The van der Waals surface area contributed by atoms with Crippen molar-refractivity contribution >= 4 is 15.9 Å². The van der Waals surface area contributed by atoms with Crippen molar-refractivity contribution in [3.63, 3.8) is 0 Å². The van der Waals surface area contributed by atoms with E-state index in [-0.39, 0.29) is 11.3 Å². The normalized spacial score (nSPS) is 11.9. The first-order valence-electron chi connectivity index (χ1n) is 3.79. The lowest BCUT2D eigenvalue weighted by Crippen LogP contribution is -2.11. The molecule has 1 atom stereocenters. The molecule has 5 heteroatoms. The highest BCUT2D eigenvalue weighted by Gasteiger charge is 2.18. The molecule has 0 radical (unpaired) electrons. The first-order chi connectivity index (χ1) is 6.61. The zero-order chi connectivity index (χ0) is 10.7. The van der Waals surface area contributed by atoms with Gasteiger partial charge in [-0.2, -0.15) is 5.26 Å². The second-order valence-electron chi connectivity index (χ2n) is 2.58. The van der Waals surface area contributed by atoms with Gasteiger partial charge in [-0.1, -0.05) is 15.9 Å². The van der Waals surface area contributed by atoms with Crippen LogP contribution in [0.2, 0.25) is 0 Å². The van der Waals surface area contributed by atoms with E-state index in [1.54, 1.807) is 12.1 Å². The number of nitrogens with zero attached hydrogens (tertiary/aromatic N) is 1. The molecule has 0 amide bonds. The summed E-state index contributed by atoms with van der Waals surface area (Å²) in [6, 6.07) is 3.82. The standard InChI is InChI=1S/C9H8BrFN2O/c1-14-7-3-2-5(10)8(9(7)11)6(13)4-12/h2-3,6H,13H2,1H3. The smallest absolute Gasteiger partial charge is 0.172 e. The molecule has 0 bridgehead atoms. The van der Waals surface area contributed by atoms with E-state index in [1.807, 2.05) is 0 Å². The summed E-state index contributed by atoms with van der Waals surface area (Å²) in [5.41, 5.74) is 5.55. The molecular weight excluding hydrogens is 251 g/mol. The van der Waals surface area contributed by atoms with Gasteiger partial charge in [0.15, 0.2) is 11.6 Å². The summed E-state index contributed by atoms with van der Waals surface area (Å²) in [5.74, 6) is -0.523. The molecule has 0 aromatic heterocycles. The minimum Gasteiger partial charge on any atom is -0.494 e. The molecule has 0 aliphatic rings. The van der Waals surface area contributed by atoms with Crippen molar-refractivity contribution in [2.45, 2.75) is 6.04 Å². The fraction of sp³-hybridized carbons (Fsp3) is 0.222. The lowest BCUT2D eigenvalue weighted by atomic mass is 10.1. The summed E-state index contributed by atoms with van der Waals surface area (Å²) < 4.78 is 18.8. The van der Waals surface area contributed by atoms with Gasteiger partial charge < -0.3 is 10.5 Å². The Morgan fingerprint density at radius 2 is 2.29 bits per heavy atom. The van der Waals surface area contributed by atoms with Gasteiger partial charge in [0.25, 0.3) is 0 Å². The van der Waals surface area contributed by atoms with Crippen molar-refractivity contribution in [2.75, 3.05) is 7.11 Å². The van der Waals surface area contributed by atoms with E-state index in [4.69, 9.17) is 15.7 Å². The molecule has 14 heavy (non-hydrogen) atoms. The van der Waals surface area contributed by atoms with Crippen LogP contribution in [0, 0.1) is 17.1 Å². The van der Waals surface area contributed by atoms with Crippen LogP contribution in [-0.4, -0.2) is 7.11 Å². The maximum Gasteiger partial charge on any atom is 0.172 e. The predicted molar refractivity (Wildman–Crippen MR) is 53.2 cm³/mol. The zero-order valence-corrected chi connectivity index (χ0v) is 9.01. The quantitative estimate of drug-likeness (QED) is 0.884. The van der Waals surface area contributed by atoms with E-state index in [9.17, 15) is 4.39 Å². The molecule has 3 nitrogen and oxygen atoms in total. The highest BCUT2D eigenvalue weighted by Crippen LogP contribution is 2.30. The summed E-state index contributed by atoms with van der Waals surface area (Å²) in [5, 5.41) is 8.60. The second kappa shape index (κ2) is 4.40. The Labute approximate surface area is 89.4 Å². The van der Waals surface area contributed by atoms with Crippen LogP contribution in [0.1, 0.15) is 11.6 Å². The van der Waals surface area contributed by atoms with Crippen LogP contribution in [-0.2, 0) is 0 Å². The third-order valence-electron chi connectivity index (χ3n) is 1.76. The molecule has 74 valence electrons. The molecule has 0 saturated carbocycles. The predicted octanol–water partition coefficient (Wildman–Crippen LogP) is 2.12. The monoisotopic (exact) mass is 258 g/mol. The van der Waals surface area contributed by atoms with Gasteiger partial charge in [0.05, 0.1) is 13.2 Å². The highest BCUT2D eigenvalue weighted by atomic mass is 79.9. The van der Waals surface area contributed by atoms with E-state index >= 15 is 0 Å². The highest BCUT2D eigenvalue weighted by molar-refractivity contribution is 9.10.